The second kappa shape index (κ2) is 5.79. The highest BCUT2D eigenvalue weighted by Crippen LogP contribution is 2.40. The third-order valence-corrected chi connectivity index (χ3v) is 4.04. The first-order chi connectivity index (χ1) is 9.34. The third-order valence-electron chi connectivity index (χ3n) is 4.04. The molecule has 0 fully saturated rings. The van der Waals surface area contributed by atoms with Crippen molar-refractivity contribution in [2.45, 2.75) is 46.6 Å². The Kier molecular flexibility index (Phi) is 4.46. The van der Waals surface area contributed by atoms with E-state index in [0.29, 0.717) is 6.42 Å². The van der Waals surface area contributed by atoms with Gasteiger partial charge in [-0.2, -0.15) is 10.0 Å². The van der Waals surface area contributed by atoms with Crippen LogP contribution in [0.4, 0.5) is 0 Å². The van der Waals surface area contributed by atoms with Crippen LogP contribution in [-0.4, -0.2) is 16.9 Å². The first-order valence-corrected chi connectivity index (χ1v) is 6.94. The Labute approximate surface area is 119 Å². The fourth-order valence-electron chi connectivity index (χ4n) is 3.26. The van der Waals surface area contributed by atoms with Crippen LogP contribution >= 0.6 is 0 Å². The SMILES string of the molecule is Cc1cc2c(c(CO)c1CCO[NH+]([O-])O)CC(C)(C)C2. The number of aliphatic hydroxyl groups is 1. The molecule has 5 heteroatoms. The molecule has 1 aliphatic carbocycles. The van der Waals surface area contributed by atoms with Crippen LogP contribution < -0.4 is 5.39 Å². The van der Waals surface area contributed by atoms with Crippen molar-refractivity contribution in [1.29, 1.82) is 0 Å². The highest BCUT2D eigenvalue weighted by Gasteiger charge is 2.31. The smallest absolute Gasteiger partial charge is 0.115 e. The predicted octanol–water partition coefficient (Wildman–Crippen LogP) is 0.858. The molecular weight excluding hydrogens is 258 g/mol. The van der Waals surface area contributed by atoms with E-state index in [4.69, 9.17) is 5.21 Å². The van der Waals surface area contributed by atoms with Gasteiger partial charge in [0.1, 0.15) is 6.61 Å². The Hall–Kier alpha value is -0.980. The summed E-state index contributed by atoms with van der Waals surface area (Å²) in [5, 5.41) is 27.4. The lowest BCUT2D eigenvalue weighted by atomic mass is 9.89. The number of aliphatic hydroxyl groups excluding tert-OH is 1. The van der Waals surface area contributed by atoms with E-state index in [9.17, 15) is 10.3 Å². The fraction of sp³-hybridized carbons (Fsp3) is 0.600. The van der Waals surface area contributed by atoms with Gasteiger partial charge < -0.3 is 10.3 Å². The topological polar surface area (TPSA) is 77.2 Å². The molecule has 0 amide bonds. The predicted molar refractivity (Wildman–Crippen MR) is 74.1 cm³/mol. The van der Waals surface area contributed by atoms with E-state index < -0.39 is 5.39 Å². The first-order valence-electron chi connectivity index (χ1n) is 6.94. The summed E-state index contributed by atoms with van der Waals surface area (Å²) < 4.78 is 0. The number of hydrogen-bond acceptors (Lipinski definition) is 4. The minimum atomic E-state index is -1.25. The summed E-state index contributed by atoms with van der Waals surface area (Å²) in [6.07, 6.45) is 2.51. The second-order valence-corrected chi connectivity index (χ2v) is 6.33. The third kappa shape index (κ3) is 3.19. The molecule has 0 aromatic heterocycles. The van der Waals surface area contributed by atoms with Crippen LogP contribution in [-0.2, 0) is 30.7 Å². The fourth-order valence-corrected chi connectivity index (χ4v) is 3.26. The maximum atomic E-state index is 10.4. The lowest BCUT2D eigenvalue weighted by Crippen LogP contribution is -3.03. The molecule has 0 saturated heterocycles. The molecule has 1 unspecified atom stereocenters. The molecule has 0 saturated carbocycles. The summed E-state index contributed by atoms with van der Waals surface area (Å²) in [7, 11) is 0. The summed E-state index contributed by atoms with van der Waals surface area (Å²) in [6.45, 7) is 6.61. The number of quaternary nitrogens is 1. The van der Waals surface area contributed by atoms with Crippen molar-refractivity contribution < 1.29 is 20.5 Å². The van der Waals surface area contributed by atoms with Crippen LogP contribution in [0.3, 0.4) is 0 Å². The average Bonchev–Trinajstić information content (AvgIpc) is 2.63. The number of fused-ring (bicyclic) bond motifs is 1. The summed E-state index contributed by atoms with van der Waals surface area (Å²) in [6, 6.07) is 2.18. The normalized spacial score (nSPS) is 18.1. The van der Waals surface area contributed by atoms with Gasteiger partial charge in [-0.15, -0.1) is 0 Å². The largest absolute Gasteiger partial charge is 0.566 e. The number of aryl methyl sites for hydroxylation is 1. The maximum Gasteiger partial charge on any atom is 0.115 e. The zero-order valence-corrected chi connectivity index (χ0v) is 12.3. The van der Waals surface area contributed by atoms with Gasteiger partial charge in [0.25, 0.3) is 0 Å². The Morgan fingerprint density at radius 3 is 2.65 bits per heavy atom. The zero-order chi connectivity index (χ0) is 14.9. The van der Waals surface area contributed by atoms with Crippen LogP contribution in [0.2, 0.25) is 0 Å². The van der Waals surface area contributed by atoms with Gasteiger partial charge in [0.05, 0.1) is 6.61 Å². The number of nitrogens with one attached hydrogen (secondary N) is 1. The molecule has 1 aromatic rings. The van der Waals surface area contributed by atoms with Gasteiger partial charge in [0.2, 0.25) is 0 Å². The van der Waals surface area contributed by atoms with E-state index in [2.05, 4.69) is 24.8 Å². The molecule has 0 aliphatic heterocycles. The van der Waals surface area contributed by atoms with E-state index >= 15 is 0 Å². The van der Waals surface area contributed by atoms with Gasteiger partial charge in [0.15, 0.2) is 0 Å². The maximum absolute atomic E-state index is 10.4. The van der Waals surface area contributed by atoms with E-state index in [1.807, 2.05) is 6.92 Å². The minimum Gasteiger partial charge on any atom is -0.566 e. The van der Waals surface area contributed by atoms with Crippen molar-refractivity contribution >= 4 is 0 Å². The van der Waals surface area contributed by atoms with Crippen molar-refractivity contribution in [2.75, 3.05) is 6.61 Å². The van der Waals surface area contributed by atoms with Gasteiger partial charge >= 0.3 is 0 Å². The Bertz CT molecular complexity index is 497. The summed E-state index contributed by atoms with van der Waals surface area (Å²) in [5.41, 5.74) is 5.91. The summed E-state index contributed by atoms with van der Waals surface area (Å²) in [4.78, 5) is 4.60. The van der Waals surface area contributed by atoms with Crippen molar-refractivity contribution in [1.82, 2.24) is 0 Å². The van der Waals surface area contributed by atoms with E-state index in [1.54, 1.807) is 0 Å². The van der Waals surface area contributed by atoms with Crippen molar-refractivity contribution in [3.8, 4) is 0 Å². The molecule has 0 bridgehead atoms. The molecule has 1 aliphatic rings. The Morgan fingerprint density at radius 1 is 1.35 bits per heavy atom. The van der Waals surface area contributed by atoms with Gasteiger partial charge in [-0.25, -0.2) is 0 Å². The summed E-state index contributed by atoms with van der Waals surface area (Å²) in [5.74, 6) is 0. The van der Waals surface area contributed by atoms with Crippen molar-refractivity contribution in [3.05, 3.63) is 39.1 Å². The van der Waals surface area contributed by atoms with E-state index in [0.717, 1.165) is 29.5 Å². The molecule has 3 N–H and O–H groups in total. The quantitative estimate of drug-likeness (QED) is 0.700. The van der Waals surface area contributed by atoms with Crippen LogP contribution in [0, 0.1) is 17.5 Å². The highest BCUT2D eigenvalue weighted by atomic mass is 17.1. The van der Waals surface area contributed by atoms with Crippen molar-refractivity contribution in [2.24, 2.45) is 5.41 Å². The molecule has 0 spiro atoms. The Balaban J connectivity index is 2.29. The average molecular weight is 281 g/mol. The van der Waals surface area contributed by atoms with E-state index in [-0.39, 0.29) is 18.6 Å². The van der Waals surface area contributed by atoms with Gasteiger partial charge in [-0.3, -0.25) is 0 Å². The molecule has 0 radical (unpaired) electrons. The van der Waals surface area contributed by atoms with Crippen LogP contribution in [0.15, 0.2) is 6.07 Å². The lowest BCUT2D eigenvalue weighted by Gasteiger charge is -2.17. The standard InChI is InChI=1S/C15H23NO4/c1-10-6-11-7-15(2,3)8-13(11)14(9-17)12(10)4-5-20-16(18)19/h6,16-18H,4-5,7-9H2,1-3H3. The molecule has 0 heterocycles. The zero-order valence-electron chi connectivity index (χ0n) is 12.3. The number of benzene rings is 1. The van der Waals surface area contributed by atoms with Gasteiger partial charge in [-0.1, -0.05) is 25.3 Å². The Morgan fingerprint density at radius 2 is 2.05 bits per heavy atom. The lowest BCUT2D eigenvalue weighted by molar-refractivity contribution is -1.21. The molecule has 1 aromatic carbocycles. The molecule has 2 rings (SSSR count). The molecule has 20 heavy (non-hydrogen) atoms. The van der Waals surface area contributed by atoms with Crippen LogP contribution in [0.5, 0.6) is 0 Å². The van der Waals surface area contributed by atoms with Gasteiger partial charge in [0, 0.05) is 6.42 Å². The van der Waals surface area contributed by atoms with Gasteiger partial charge in [-0.05, 0) is 53.0 Å². The van der Waals surface area contributed by atoms with E-state index in [1.165, 1.54) is 11.1 Å². The molecule has 5 nitrogen and oxygen atoms in total. The van der Waals surface area contributed by atoms with Crippen LogP contribution in [0.25, 0.3) is 0 Å². The number of hydrogen-bond donors (Lipinski definition) is 3. The highest BCUT2D eigenvalue weighted by molar-refractivity contribution is 5.49. The molecular formula is C15H23NO4. The molecule has 1 atom stereocenters. The monoisotopic (exact) mass is 281 g/mol. The summed E-state index contributed by atoms with van der Waals surface area (Å²) >= 11 is 0. The first kappa shape index (κ1) is 15.4. The molecule has 112 valence electrons. The number of rotatable bonds is 5. The minimum absolute atomic E-state index is 0.00248. The second-order valence-electron chi connectivity index (χ2n) is 6.33. The van der Waals surface area contributed by atoms with Crippen LogP contribution in [0.1, 0.15) is 41.7 Å². The van der Waals surface area contributed by atoms with Crippen molar-refractivity contribution in [3.63, 3.8) is 0 Å².